The van der Waals surface area contributed by atoms with E-state index in [1.165, 1.54) is 0 Å². The van der Waals surface area contributed by atoms with Gasteiger partial charge in [0.05, 0.1) is 5.75 Å². The predicted octanol–water partition coefficient (Wildman–Crippen LogP) is 0.0844. The van der Waals surface area contributed by atoms with Gasteiger partial charge in [-0.15, -0.1) is 0 Å². The minimum absolute atomic E-state index is 0.169. The summed E-state index contributed by atoms with van der Waals surface area (Å²) in [4.78, 5) is 0. The van der Waals surface area contributed by atoms with Gasteiger partial charge in [0.2, 0.25) is 10.0 Å². The lowest BCUT2D eigenvalue weighted by molar-refractivity contribution is 0.579. The molecule has 0 fully saturated rings. The second kappa shape index (κ2) is 6.50. The van der Waals surface area contributed by atoms with Crippen LogP contribution >= 0.6 is 0 Å². The van der Waals surface area contributed by atoms with Crippen molar-refractivity contribution in [2.45, 2.75) is 19.8 Å². The van der Waals surface area contributed by atoms with E-state index in [0.29, 0.717) is 25.1 Å². The van der Waals surface area contributed by atoms with Crippen LogP contribution in [0, 0.1) is 0 Å². The fourth-order valence-corrected chi connectivity index (χ4v) is 2.53. The SMILES string of the molecule is CCCS(=O)(=O)NCCCS(C)=O. The zero-order valence-electron chi connectivity index (χ0n) is 8.08. The molecule has 0 radical (unpaired) electrons. The lowest BCUT2D eigenvalue weighted by Gasteiger charge is -2.03. The van der Waals surface area contributed by atoms with Gasteiger partial charge in [-0.1, -0.05) is 6.92 Å². The highest BCUT2D eigenvalue weighted by atomic mass is 32.2. The molecule has 6 heteroatoms. The summed E-state index contributed by atoms with van der Waals surface area (Å²) < 4.78 is 35.3. The fourth-order valence-electron chi connectivity index (χ4n) is 0.844. The van der Waals surface area contributed by atoms with Crippen molar-refractivity contribution in [3.05, 3.63) is 0 Å². The number of hydrogen-bond donors (Lipinski definition) is 1. The number of rotatable bonds is 7. The zero-order chi connectivity index (χ0) is 10.3. The van der Waals surface area contributed by atoms with Gasteiger partial charge in [-0.2, -0.15) is 0 Å². The molecule has 0 aromatic heterocycles. The molecule has 0 rings (SSSR count). The van der Waals surface area contributed by atoms with Gasteiger partial charge in [0.15, 0.2) is 0 Å². The summed E-state index contributed by atoms with van der Waals surface area (Å²) in [5.41, 5.74) is 0. The Morgan fingerprint density at radius 2 is 2.00 bits per heavy atom. The van der Waals surface area contributed by atoms with Gasteiger partial charge in [0, 0.05) is 29.4 Å². The third-order valence-corrected chi connectivity index (χ3v) is 3.86. The van der Waals surface area contributed by atoms with Crippen molar-refractivity contribution in [3.8, 4) is 0 Å². The molecule has 0 aliphatic heterocycles. The van der Waals surface area contributed by atoms with E-state index >= 15 is 0 Å². The first kappa shape index (κ1) is 13.1. The lowest BCUT2D eigenvalue weighted by atomic mass is 10.5. The van der Waals surface area contributed by atoms with Gasteiger partial charge in [-0.05, 0) is 12.8 Å². The summed E-state index contributed by atoms with van der Waals surface area (Å²) in [5.74, 6) is 0.719. The van der Waals surface area contributed by atoms with Crippen molar-refractivity contribution in [1.82, 2.24) is 4.72 Å². The number of nitrogens with one attached hydrogen (secondary N) is 1. The average molecular weight is 227 g/mol. The van der Waals surface area contributed by atoms with E-state index in [1.54, 1.807) is 6.26 Å². The average Bonchev–Trinajstić information content (AvgIpc) is 1.98. The normalized spacial score (nSPS) is 14.3. The molecule has 13 heavy (non-hydrogen) atoms. The summed E-state index contributed by atoms with van der Waals surface area (Å²) in [5, 5.41) is 0. The highest BCUT2D eigenvalue weighted by molar-refractivity contribution is 7.89. The number of hydrogen-bond acceptors (Lipinski definition) is 3. The van der Waals surface area contributed by atoms with Crippen LogP contribution in [-0.4, -0.2) is 36.9 Å². The van der Waals surface area contributed by atoms with Gasteiger partial charge < -0.3 is 0 Å². The smallest absolute Gasteiger partial charge is 0.211 e. The molecule has 0 aliphatic carbocycles. The molecule has 0 aromatic carbocycles. The first-order chi connectivity index (χ1) is 5.98. The maximum absolute atomic E-state index is 11.1. The van der Waals surface area contributed by atoms with E-state index < -0.39 is 20.8 Å². The highest BCUT2D eigenvalue weighted by Crippen LogP contribution is 1.89. The van der Waals surface area contributed by atoms with Crippen LogP contribution in [0.15, 0.2) is 0 Å². The molecule has 0 amide bonds. The summed E-state index contributed by atoms with van der Waals surface area (Å²) in [7, 11) is -3.91. The molecule has 0 spiro atoms. The quantitative estimate of drug-likeness (QED) is 0.627. The largest absolute Gasteiger partial charge is 0.260 e. The Morgan fingerprint density at radius 1 is 1.38 bits per heavy atom. The minimum atomic E-state index is -3.08. The van der Waals surface area contributed by atoms with E-state index in [0.717, 1.165) is 0 Å². The Balaban J connectivity index is 3.58. The van der Waals surface area contributed by atoms with Gasteiger partial charge in [-0.3, -0.25) is 4.21 Å². The van der Waals surface area contributed by atoms with Crippen molar-refractivity contribution in [3.63, 3.8) is 0 Å². The van der Waals surface area contributed by atoms with Crippen molar-refractivity contribution >= 4 is 20.8 Å². The van der Waals surface area contributed by atoms with Crippen LogP contribution < -0.4 is 4.72 Å². The maximum Gasteiger partial charge on any atom is 0.211 e. The Kier molecular flexibility index (Phi) is 6.53. The van der Waals surface area contributed by atoms with Gasteiger partial charge in [0.1, 0.15) is 0 Å². The van der Waals surface area contributed by atoms with Gasteiger partial charge in [-0.25, -0.2) is 13.1 Å². The summed E-state index contributed by atoms with van der Waals surface area (Å²) in [6.45, 7) is 2.21. The topological polar surface area (TPSA) is 63.2 Å². The van der Waals surface area contributed by atoms with Crippen LogP contribution in [0.25, 0.3) is 0 Å². The molecule has 0 bridgehead atoms. The molecule has 0 saturated heterocycles. The molecular formula is C7H17NO3S2. The molecule has 80 valence electrons. The predicted molar refractivity (Wildman–Crippen MR) is 55.6 cm³/mol. The van der Waals surface area contributed by atoms with Gasteiger partial charge in [0.25, 0.3) is 0 Å². The second-order valence-electron chi connectivity index (χ2n) is 2.84. The fraction of sp³-hybridized carbons (Fsp3) is 1.00. The van der Waals surface area contributed by atoms with Crippen LogP contribution in [0.2, 0.25) is 0 Å². The molecule has 1 atom stereocenters. The van der Waals surface area contributed by atoms with E-state index in [2.05, 4.69) is 4.72 Å². The Hall–Kier alpha value is 0.0600. The zero-order valence-corrected chi connectivity index (χ0v) is 9.71. The van der Waals surface area contributed by atoms with E-state index in [-0.39, 0.29) is 5.75 Å². The van der Waals surface area contributed by atoms with Crippen LogP contribution in [0.4, 0.5) is 0 Å². The molecule has 4 nitrogen and oxygen atoms in total. The van der Waals surface area contributed by atoms with Crippen molar-refractivity contribution in [2.24, 2.45) is 0 Å². The third kappa shape index (κ3) is 8.39. The van der Waals surface area contributed by atoms with Crippen LogP contribution in [-0.2, 0) is 20.8 Å². The summed E-state index contributed by atoms with van der Waals surface area (Å²) in [6, 6.07) is 0. The molecular weight excluding hydrogens is 210 g/mol. The van der Waals surface area contributed by atoms with E-state index in [4.69, 9.17) is 0 Å². The minimum Gasteiger partial charge on any atom is -0.260 e. The molecule has 0 aliphatic rings. The van der Waals surface area contributed by atoms with Crippen LogP contribution in [0.5, 0.6) is 0 Å². The monoisotopic (exact) mass is 227 g/mol. The standard InChI is InChI=1S/C7H17NO3S2/c1-3-7-13(10,11)8-5-4-6-12(2)9/h8H,3-7H2,1-2H3. The maximum atomic E-state index is 11.1. The third-order valence-electron chi connectivity index (χ3n) is 1.40. The van der Waals surface area contributed by atoms with Crippen molar-refractivity contribution in [2.75, 3.05) is 24.3 Å². The highest BCUT2D eigenvalue weighted by Gasteiger charge is 2.06. The lowest BCUT2D eigenvalue weighted by Crippen LogP contribution is -2.27. The van der Waals surface area contributed by atoms with E-state index in [9.17, 15) is 12.6 Å². The molecule has 0 heterocycles. The first-order valence-electron chi connectivity index (χ1n) is 4.25. The molecule has 0 saturated carbocycles. The Labute approximate surface area is 82.6 Å². The van der Waals surface area contributed by atoms with Crippen LogP contribution in [0.3, 0.4) is 0 Å². The van der Waals surface area contributed by atoms with E-state index in [1.807, 2.05) is 6.92 Å². The first-order valence-corrected chi connectivity index (χ1v) is 7.63. The Morgan fingerprint density at radius 3 is 2.46 bits per heavy atom. The second-order valence-corrected chi connectivity index (χ2v) is 6.33. The molecule has 1 N–H and O–H groups in total. The van der Waals surface area contributed by atoms with Crippen LogP contribution in [0.1, 0.15) is 19.8 Å². The summed E-state index contributed by atoms with van der Waals surface area (Å²) in [6.07, 6.45) is 2.86. The Bertz CT molecular complexity index is 248. The van der Waals surface area contributed by atoms with Crippen molar-refractivity contribution < 1.29 is 12.6 Å². The molecule has 0 aromatic rings. The molecule has 1 unspecified atom stereocenters. The van der Waals surface area contributed by atoms with Crippen molar-refractivity contribution in [1.29, 1.82) is 0 Å². The summed E-state index contributed by atoms with van der Waals surface area (Å²) >= 11 is 0. The number of sulfonamides is 1. The van der Waals surface area contributed by atoms with Gasteiger partial charge >= 0.3 is 0 Å².